The molecule has 1 aliphatic rings. The maximum absolute atomic E-state index is 13.1. The van der Waals surface area contributed by atoms with Crippen LogP contribution in [0.15, 0.2) is 35.4 Å². The SMILES string of the molecule is Cc1sc2ncn(CCC(=O)N3CCN(C(=O)c4ccc(F)cc4)CC3)c(=O)c2c1C. The first kappa shape index (κ1) is 21.2. The average molecular weight is 443 g/mol. The van der Waals surface area contributed by atoms with Gasteiger partial charge in [0.05, 0.1) is 11.7 Å². The number of piperazine rings is 1. The molecule has 2 aromatic heterocycles. The fourth-order valence-corrected chi connectivity index (χ4v) is 4.72. The van der Waals surface area contributed by atoms with Gasteiger partial charge in [-0.15, -0.1) is 11.3 Å². The lowest BCUT2D eigenvalue weighted by Crippen LogP contribution is -2.50. The Labute approximate surface area is 182 Å². The van der Waals surface area contributed by atoms with Crippen molar-refractivity contribution < 1.29 is 14.0 Å². The number of aromatic nitrogens is 2. The number of carbonyl (C=O) groups is 2. The third kappa shape index (κ3) is 4.23. The van der Waals surface area contributed by atoms with Gasteiger partial charge in [0, 0.05) is 49.6 Å². The minimum atomic E-state index is -0.385. The first-order chi connectivity index (χ1) is 14.8. The van der Waals surface area contributed by atoms with Gasteiger partial charge >= 0.3 is 0 Å². The van der Waals surface area contributed by atoms with E-state index in [4.69, 9.17) is 0 Å². The van der Waals surface area contributed by atoms with E-state index in [2.05, 4.69) is 4.98 Å². The van der Waals surface area contributed by atoms with Crippen LogP contribution in [-0.2, 0) is 11.3 Å². The van der Waals surface area contributed by atoms with Crippen molar-refractivity contribution in [3.8, 4) is 0 Å². The molecule has 7 nitrogen and oxygen atoms in total. The van der Waals surface area contributed by atoms with Gasteiger partial charge in [-0.3, -0.25) is 19.0 Å². The van der Waals surface area contributed by atoms with Gasteiger partial charge < -0.3 is 9.80 Å². The van der Waals surface area contributed by atoms with Gasteiger partial charge in [-0.1, -0.05) is 0 Å². The van der Waals surface area contributed by atoms with E-state index in [-0.39, 0.29) is 36.2 Å². The third-order valence-corrected chi connectivity index (χ3v) is 6.85. The van der Waals surface area contributed by atoms with Crippen LogP contribution in [0.4, 0.5) is 4.39 Å². The molecule has 2 amide bonds. The number of carbonyl (C=O) groups excluding carboxylic acids is 2. The van der Waals surface area contributed by atoms with E-state index in [0.29, 0.717) is 37.1 Å². The minimum absolute atomic E-state index is 0.0564. The van der Waals surface area contributed by atoms with Crippen LogP contribution in [0.1, 0.15) is 27.2 Å². The van der Waals surface area contributed by atoms with Crippen LogP contribution in [0, 0.1) is 19.7 Å². The molecule has 1 aliphatic heterocycles. The first-order valence-corrected chi connectivity index (χ1v) is 10.9. The summed E-state index contributed by atoms with van der Waals surface area (Å²) in [7, 11) is 0. The Morgan fingerprint density at radius 1 is 1.06 bits per heavy atom. The number of rotatable bonds is 4. The van der Waals surface area contributed by atoms with Crippen LogP contribution in [0.2, 0.25) is 0 Å². The molecule has 0 aliphatic carbocycles. The van der Waals surface area contributed by atoms with Crippen LogP contribution in [-0.4, -0.2) is 57.3 Å². The smallest absolute Gasteiger partial charge is 0.262 e. The second-order valence-electron chi connectivity index (χ2n) is 7.64. The molecule has 0 saturated carbocycles. The highest BCUT2D eigenvalue weighted by Gasteiger charge is 2.25. The summed E-state index contributed by atoms with van der Waals surface area (Å²) in [4.78, 5) is 47.5. The number of amides is 2. The Kier molecular flexibility index (Phi) is 5.86. The molecule has 0 bridgehead atoms. The predicted molar refractivity (Wildman–Crippen MR) is 117 cm³/mol. The zero-order valence-corrected chi connectivity index (χ0v) is 18.2. The van der Waals surface area contributed by atoms with Gasteiger partial charge in [0.15, 0.2) is 0 Å². The van der Waals surface area contributed by atoms with Gasteiger partial charge in [-0.2, -0.15) is 0 Å². The summed E-state index contributed by atoms with van der Waals surface area (Å²) < 4.78 is 14.6. The fraction of sp³-hybridized carbons (Fsp3) is 0.364. The first-order valence-electron chi connectivity index (χ1n) is 10.1. The molecule has 0 N–H and O–H groups in total. The molecule has 0 atom stereocenters. The van der Waals surface area contributed by atoms with Gasteiger partial charge in [0.1, 0.15) is 10.6 Å². The number of fused-ring (bicyclic) bond motifs is 1. The zero-order chi connectivity index (χ0) is 22.1. The van der Waals surface area contributed by atoms with E-state index in [9.17, 15) is 18.8 Å². The molecule has 4 rings (SSSR count). The summed E-state index contributed by atoms with van der Waals surface area (Å²) in [6.07, 6.45) is 1.70. The number of benzene rings is 1. The molecule has 0 radical (unpaired) electrons. The fourth-order valence-electron chi connectivity index (χ4n) is 3.74. The van der Waals surface area contributed by atoms with Crippen molar-refractivity contribution >= 4 is 33.4 Å². The predicted octanol–water partition coefficient (Wildman–Crippen LogP) is 2.59. The highest BCUT2D eigenvalue weighted by molar-refractivity contribution is 7.18. The van der Waals surface area contributed by atoms with Crippen LogP contribution in [0.25, 0.3) is 10.2 Å². The maximum atomic E-state index is 13.1. The van der Waals surface area contributed by atoms with Crippen molar-refractivity contribution in [3.63, 3.8) is 0 Å². The van der Waals surface area contributed by atoms with Crippen LogP contribution >= 0.6 is 11.3 Å². The summed E-state index contributed by atoms with van der Waals surface area (Å²) in [5.41, 5.74) is 1.26. The summed E-state index contributed by atoms with van der Waals surface area (Å²) in [6, 6.07) is 5.46. The van der Waals surface area contributed by atoms with Gasteiger partial charge in [0.2, 0.25) is 5.91 Å². The van der Waals surface area contributed by atoms with E-state index in [1.165, 1.54) is 46.5 Å². The van der Waals surface area contributed by atoms with E-state index in [0.717, 1.165) is 15.3 Å². The highest BCUT2D eigenvalue weighted by Crippen LogP contribution is 2.25. The van der Waals surface area contributed by atoms with E-state index in [1.54, 1.807) is 9.80 Å². The quantitative estimate of drug-likeness (QED) is 0.623. The van der Waals surface area contributed by atoms with E-state index in [1.807, 2.05) is 13.8 Å². The molecular formula is C22H23FN4O3S. The number of thiophene rings is 1. The van der Waals surface area contributed by atoms with Gasteiger partial charge in [-0.25, -0.2) is 9.37 Å². The number of aryl methyl sites for hydroxylation is 3. The molecule has 1 fully saturated rings. The molecule has 3 aromatic rings. The summed E-state index contributed by atoms with van der Waals surface area (Å²) in [6.45, 7) is 5.85. The van der Waals surface area contributed by atoms with Crippen LogP contribution in [0.3, 0.4) is 0 Å². The second kappa shape index (κ2) is 8.58. The minimum Gasteiger partial charge on any atom is -0.339 e. The number of hydrogen-bond acceptors (Lipinski definition) is 5. The average Bonchev–Trinajstić information content (AvgIpc) is 3.07. The molecule has 3 heterocycles. The van der Waals surface area contributed by atoms with Crippen molar-refractivity contribution in [2.45, 2.75) is 26.8 Å². The molecular weight excluding hydrogens is 419 g/mol. The number of hydrogen-bond donors (Lipinski definition) is 0. The third-order valence-electron chi connectivity index (χ3n) is 5.73. The zero-order valence-electron chi connectivity index (χ0n) is 17.4. The normalized spacial score (nSPS) is 14.3. The Bertz CT molecular complexity index is 1190. The Balaban J connectivity index is 1.34. The Hall–Kier alpha value is -3.07. The lowest BCUT2D eigenvalue weighted by atomic mass is 10.1. The summed E-state index contributed by atoms with van der Waals surface area (Å²) in [5.74, 6) is -0.608. The van der Waals surface area contributed by atoms with Gasteiger partial charge in [-0.05, 0) is 43.7 Å². The molecule has 0 spiro atoms. The monoisotopic (exact) mass is 442 g/mol. The van der Waals surface area contributed by atoms with Crippen molar-refractivity contribution in [2.75, 3.05) is 26.2 Å². The number of halogens is 1. The summed E-state index contributed by atoms with van der Waals surface area (Å²) >= 11 is 1.50. The molecule has 31 heavy (non-hydrogen) atoms. The van der Waals surface area contributed by atoms with Crippen molar-refractivity contribution in [3.05, 3.63) is 62.8 Å². The molecule has 9 heteroatoms. The summed E-state index contributed by atoms with van der Waals surface area (Å²) in [5, 5.41) is 0.630. The molecule has 1 saturated heterocycles. The Morgan fingerprint density at radius 3 is 2.39 bits per heavy atom. The van der Waals surface area contributed by atoms with Crippen LogP contribution < -0.4 is 5.56 Å². The number of nitrogens with zero attached hydrogens (tertiary/aromatic N) is 4. The molecule has 0 unspecified atom stereocenters. The molecule has 162 valence electrons. The highest BCUT2D eigenvalue weighted by atomic mass is 32.1. The Morgan fingerprint density at radius 2 is 1.71 bits per heavy atom. The lowest BCUT2D eigenvalue weighted by Gasteiger charge is -2.35. The lowest BCUT2D eigenvalue weighted by molar-refractivity contribution is -0.132. The topological polar surface area (TPSA) is 75.5 Å². The van der Waals surface area contributed by atoms with E-state index >= 15 is 0 Å². The van der Waals surface area contributed by atoms with Gasteiger partial charge in [0.25, 0.3) is 11.5 Å². The molecule has 1 aromatic carbocycles. The van der Waals surface area contributed by atoms with Crippen molar-refractivity contribution in [1.82, 2.24) is 19.4 Å². The van der Waals surface area contributed by atoms with Crippen LogP contribution in [0.5, 0.6) is 0 Å². The van der Waals surface area contributed by atoms with Crippen molar-refractivity contribution in [1.29, 1.82) is 0 Å². The maximum Gasteiger partial charge on any atom is 0.262 e. The largest absolute Gasteiger partial charge is 0.339 e. The second-order valence-corrected chi connectivity index (χ2v) is 8.84. The van der Waals surface area contributed by atoms with Crippen molar-refractivity contribution in [2.24, 2.45) is 0 Å². The van der Waals surface area contributed by atoms with E-state index < -0.39 is 0 Å². The standard InChI is InChI=1S/C22H23FN4O3S/c1-14-15(2)31-20-19(14)22(30)27(13-24-20)8-7-18(28)25-9-11-26(12-10-25)21(29)16-3-5-17(23)6-4-16/h3-6,13H,7-12H2,1-2H3.